The van der Waals surface area contributed by atoms with Crippen molar-refractivity contribution in [3.05, 3.63) is 96.7 Å². The molecule has 0 spiro atoms. The number of ether oxygens (including phenoxy) is 1. The van der Waals surface area contributed by atoms with Crippen LogP contribution in [-0.2, 0) is 16.2 Å². The molecule has 0 atom stereocenters. The second kappa shape index (κ2) is 10.6. The van der Waals surface area contributed by atoms with Crippen molar-refractivity contribution in [1.29, 1.82) is 0 Å². The Labute approximate surface area is 228 Å². The van der Waals surface area contributed by atoms with Gasteiger partial charge in [-0.15, -0.1) is 0 Å². The summed E-state index contributed by atoms with van der Waals surface area (Å²) in [4.78, 5) is 26.9. The molecular weight excluding hydrogens is 602 g/mol. The molecule has 35 heavy (non-hydrogen) atoms. The number of carbonyl (C=O) groups excluding carboxylic acids is 2. The van der Waals surface area contributed by atoms with Crippen LogP contribution in [0.5, 0.6) is 5.75 Å². The van der Waals surface area contributed by atoms with Crippen LogP contribution < -0.4 is 15.0 Å². The smallest absolute Gasteiger partial charge is 0.270 e. The number of nitrogens with one attached hydrogen (secondary N) is 1. The Bertz CT molecular complexity index is 1380. The van der Waals surface area contributed by atoms with E-state index in [4.69, 9.17) is 51.8 Å². The molecule has 0 saturated carbocycles. The molecule has 2 amide bonds. The quantitative estimate of drug-likeness (QED) is 0.192. The maximum absolute atomic E-state index is 13.2. The van der Waals surface area contributed by atoms with Crippen LogP contribution in [0, 0.1) is 5.82 Å². The first-order chi connectivity index (χ1) is 16.7. The topological polar surface area (TPSA) is 58.6 Å². The lowest BCUT2D eigenvalue weighted by molar-refractivity contribution is -0.122. The summed E-state index contributed by atoms with van der Waals surface area (Å²) in [6.07, 6.45) is 1.38. The van der Waals surface area contributed by atoms with Crippen LogP contribution in [0.1, 0.15) is 11.1 Å². The molecule has 1 saturated heterocycles. The molecule has 3 aromatic carbocycles. The predicted molar refractivity (Wildman–Crippen MR) is 143 cm³/mol. The molecule has 1 fully saturated rings. The van der Waals surface area contributed by atoms with E-state index < -0.39 is 11.8 Å². The third kappa shape index (κ3) is 5.52. The number of rotatable bonds is 5. The minimum Gasteiger partial charge on any atom is -0.486 e. The van der Waals surface area contributed by atoms with Crippen molar-refractivity contribution in [3.63, 3.8) is 0 Å². The van der Waals surface area contributed by atoms with E-state index in [0.717, 1.165) is 10.5 Å². The van der Waals surface area contributed by atoms with Gasteiger partial charge < -0.3 is 4.74 Å². The number of nitrogens with zero attached hydrogens (tertiary/aromatic N) is 1. The van der Waals surface area contributed by atoms with Crippen LogP contribution in [0.4, 0.5) is 10.1 Å². The first-order valence-electron chi connectivity index (χ1n) is 9.87. The predicted octanol–water partition coefficient (Wildman–Crippen LogP) is 6.96. The van der Waals surface area contributed by atoms with Crippen molar-refractivity contribution in [1.82, 2.24) is 5.32 Å². The average Bonchev–Trinajstić information content (AvgIpc) is 2.80. The normalized spacial score (nSPS) is 14.9. The fourth-order valence-electron chi connectivity index (χ4n) is 3.24. The summed E-state index contributed by atoms with van der Waals surface area (Å²) in [5, 5.41) is 2.96. The van der Waals surface area contributed by atoms with Crippen molar-refractivity contribution in [2.75, 3.05) is 4.90 Å². The van der Waals surface area contributed by atoms with E-state index in [-0.39, 0.29) is 43.9 Å². The highest BCUT2D eigenvalue weighted by Gasteiger charge is 2.35. The Hall–Kier alpha value is -2.49. The fourth-order valence-corrected chi connectivity index (χ4v) is 4.89. The van der Waals surface area contributed by atoms with Crippen molar-refractivity contribution in [3.8, 4) is 5.75 Å². The third-order valence-electron chi connectivity index (χ3n) is 4.90. The van der Waals surface area contributed by atoms with E-state index in [1.54, 1.807) is 42.5 Å². The highest BCUT2D eigenvalue weighted by Crippen LogP contribution is 2.37. The Morgan fingerprint density at radius 2 is 1.77 bits per heavy atom. The molecule has 1 aliphatic heterocycles. The summed E-state index contributed by atoms with van der Waals surface area (Å²) < 4.78 is 19.4. The van der Waals surface area contributed by atoms with Gasteiger partial charge in [0.15, 0.2) is 10.9 Å². The van der Waals surface area contributed by atoms with E-state index in [9.17, 15) is 14.0 Å². The zero-order chi connectivity index (χ0) is 25.3. The van der Waals surface area contributed by atoms with Gasteiger partial charge in [-0.05, 0) is 81.7 Å². The van der Waals surface area contributed by atoms with Crippen LogP contribution >= 0.6 is 63.0 Å². The van der Waals surface area contributed by atoms with Crippen molar-refractivity contribution < 1.29 is 18.7 Å². The summed E-state index contributed by atoms with van der Waals surface area (Å²) >= 11 is 27.4. The van der Waals surface area contributed by atoms with Gasteiger partial charge in [-0.25, -0.2) is 4.39 Å². The van der Waals surface area contributed by atoms with Gasteiger partial charge in [0.25, 0.3) is 11.8 Å². The Kier molecular flexibility index (Phi) is 7.78. The molecule has 1 aliphatic rings. The summed E-state index contributed by atoms with van der Waals surface area (Å²) in [6.45, 7) is 0.159. The van der Waals surface area contributed by atoms with Crippen LogP contribution in [0.25, 0.3) is 6.08 Å². The fraction of sp³-hybridized carbons (Fsp3) is 0.0417. The van der Waals surface area contributed by atoms with Gasteiger partial charge in [0.05, 0.1) is 25.2 Å². The highest BCUT2D eigenvalue weighted by molar-refractivity contribution is 9.10. The second-order valence-corrected chi connectivity index (χ2v) is 9.69. The Morgan fingerprint density at radius 1 is 1.06 bits per heavy atom. The van der Waals surface area contributed by atoms with E-state index in [1.807, 2.05) is 0 Å². The summed E-state index contributed by atoms with van der Waals surface area (Å²) in [7, 11) is 0. The van der Waals surface area contributed by atoms with Gasteiger partial charge in [0.2, 0.25) is 0 Å². The number of hydrogen-bond acceptors (Lipinski definition) is 4. The molecule has 11 heteroatoms. The molecule has 0 aromatic heterocycles. The van der Waals surface area contributed by atoms with Crippen LogP contribution in [0.3, 0.4) is 0 Å². The molecular formula is C24H13BrCl3FN2O3S. The molecule has 178 valence electrons. The number of anilines is 1. The highest BCUT2D eigenvalue weighted by atomic mass is 79.9. The molecule has 0 unspecified atom stereocenters. The maximum Gasteiger partial charge on any atom is 0.270 e. The van der Waals surface area contributed by atoms with Gasteiger partial charge in [0, 0.05) is 0 Å². The summed E-state index contributed by atoms with van der Waals surface area (Å²) in [5.74, 6) is -1.33. The second-order valence-electron chi connectivity index (χ2n) is 7.26. The Morgan fingerprint density at radius 3 is 2.46 bits per heavy atom. The number of carbonyl (C=O) groups is 2. The van der Waals surface area contributed by atoms with Gasteiger partial charge >= 0.3 is 0 Å². The summed E-state index contributed by atoms with van der Waals surface area (Å²) in [5.41, 5.74) is 1.27. The van der Waals surface area contributed by atoms with Crippen LogP contribution in [-0.4, -0.2) is 16.9 Å². The molecule has 0 aliphatic carbocycles. The zero-order valence-corrected chi connectivity index (χ0v) is 22.1. The summed E-state index contributed by atoms with van der Waals surface area (Å²) in [6, 6.07) is 13.8. The van der Waals surface area contributed by atoms with Gasteiger partial charge in [-0.2, -0.15) is 0 Å². The molecule has 5 nitrogen and oxygen atoms in total. The lowest BCUT2D eigenvalue weighted by atomic mass is 10.1. The number of benzene rings is 3. The van der Waals surface area contributed by atoms with E-state index in [0.29, 0.717) is 15.8 Å². The van der Waals surface area contributed by atoms with E-state index >= 15 is 0 Å². The number of amides is 2. The number of hydrogen-bond donors (Lipinski definition) is 1. The first kappa shape index (κ1) is 25.6. The molecule has 0 radical (unpaired) electrons. The maximum atomic E-state index is 13.2. The average molecular weight is 615 g/mol. The number of thiocarbonyl (C=S) groups is 1. The van der Waals surface area contributed by atoms with Crippen LogP contribution in [0.2, 0.25) is 15.1 Å². The molecule has 4 rings (SSSR count). The van der Waals surface area contributed by atoms with E-state index in [2.05, 4.69) is 21.2 Å². The van der Waals surface area contributed by atoms with Crippen molar-refractivity contribution in [2.45, 2.75) is 6.61 Å². The standard InChI is InChI=1S/C24H13BrCl3FN2O3S/c25-16-9-13(10-18(27)21(16)34-11-12-4-6-14(29)7-5-12)8-15-22(32)30-24(35)31(23(15)33)19-3-1-2-17(26)20(19)28/h1-10H,11H2,(H,30,32,35)/b15-8+. The zero-order valence-electron chi connectivity index (χ0n) is 17.5. The third-order valence-corrected chi connectivity index (χ3v) is 6.87. The molecule has 1 heterocycles. The first-order valence-corrected chi connectivity index (χ1v) is 12.2. The van der Waals surface area contributed by atoms with Gasteiger partial charge in [-0.3, -0.25) is 19.8 Å². The lowest BCUT2D eigenvalue weighted by Crippen LogP contribution is -2.54. The lowest BCUT2D eigenvalue weighted by Gasteiger charge is -2.29. The Balaban J connectivity index is 1.63. The minimum absolute atomic E-state index is 0.119. The van der Waals surface area contributed by atoms with Crippen molar-refractivity contribution >= 4 is 91.6 Å². The monoisotopic (exact) mass is 612 g/mol. The number of halogens is 5. The van der Waals surface area contributed by atoms with Gasteiger partial charge in [-0.1, -0.05) is 53.0 Å². The molecule has 1 N–H and O–H groups in total. The molecule has 3 aromatic rings. The largest absolute Gasteiger partial charge is 0.486 e. The van der Waals surface area contributed by atoms with Crippen molar-refractivity contribution in [2.24, 2.45) is 0 Å². The van der Waals surface area contributed by atoms with E-state index in [1.165, 1.54) is 18.2 Å². The minimum atomic E-state index is -0.674. The SMILES string of the molecule is O=C1NC(=S)N(c2cccc(Cl)c2Cl)C(=O)/C1=C/c1cc(Cl)c(OCc2ccc(F)cc2)c(Br)c1. The van der Waals surface area contributed by atoms with Crippen LogP contribution in [0.15, 0.2) is 64.6 Å². The molecule has 0 bridgehead atoms. The van der Waals surface area contributed by atoms with Gasteiger partial charge in [0.1, 0.15) is 18.0 Å².